The molecule has 0 aromatic heterocycles. The number of ether oxygens (including phenoxy) is 2. The minimum atomic E-state index is 0. The zero-order valence-corrected chi connectivity index (χ0v) is 17.3. The second kappa shape index (κ2) is 10.7. The zero-order chi connectivity index (χ0) is 16.6. The van der Waals surface area contributed by atoms with Crippen LogP contribution in [0.3, 0.4) is 0 Å². The van der Waals surface area contributed by atoms with Gasteiger partial charge in [-0.1, -0.05) is 6.07 Å². The highest BCUT2D eigenvalue weighted by molar-refractivity contribution is 14.0. The fourth-order valence-corrected chi connectivity index (χ4v) is 3.13. The smallest absolute Gasteiger partial charge is 0.231 e. The molecule has 140 valence electrons. The molecule has 1 aromatic rings. The van der Waals surface area contributed by atoms with Crippen LogP contribution in [0.1, 0.15) is 31.2 Å². The molecule has 2 aliphatic heterocycles. The van der Waals surface area contributed by atoms with Crippen molar-refractivity contribution in [3.63, 3.8) is 0 Å². The Kier molecular flexibility index (Phi) is 8.60. The summed E-state index contributed by atoms with van der Waals surface area (Å²) in [6, 6.07) is 6.01. The third-order valence-electron chi connectivity index (χ3n) is 4.51. The highest BCUT2D eigenvalue weighted by atomic mass is 127. The molecular weight excluding hydrogens is 431 g/mol. The van der Waals surface area contributed by atoms with E-state index < -0.39 is 0 Å². The topological polar surface area (TPSA) is 58.1 Å². The van der Waals surface area contributed by atoms with Gasteiger partial charge < -0.3 is 25.0 Å². The van der Waals surface area contributed by atoms with Crippen LogP contribution in [0.2, 0.25) is 0 Å². The molecule has 1 aromatic carbocycles. The molecule has 0 spiro atoms. The van der Waals surface area contributed by atoms with Crippen LogP contribution in [-0.2, 0) is 6.54 Å². The SMILES string of the molecule is CN=C(NCCCCN1CCCC1)NCc1ccc2c(c1)OCO2.I. The van der Waals surface area contributed by atoms with E-state index in [1.165, 1.54) is 45.3 Å². The molecule has 0 aliphatic carbocycles. The predicted molar refractivity (Wildman–Crippen MR) is 111 cm³/mol. The van der Waals surface area contributed by atoms with E-state index in [0.29, 0.717) is 13.3 Å². The van der Waals surface area contributed by atoms with Gasteiger partial charge in [0.05, 0.1) is 0 Å². The molecule has 0 bridgehead atoms. The zero-order valence-electron chi connectivity index (χ0n) is 14.9. The number of hydrogen-bond donors (Lipinski definition) is 2. The van der Waals surface area contributed by atoms with Crippen LogP contribution in [0.5, 0.6) is 11.5 Å². The minimum absolute atomic E-state index is 0. The first-order valence-electron chi connectivity index (χ1n) is 8.90. The Morgan fingerprint density at radius 1 is 1.12 bits per heavy atom. The fourth-order valence-electron chi connectivity index (χ4n) is 3.13. The van der Waals surface area contributed by atoms with Crippen LogP contribution < -0.4 is 20.1 Å². The molecule has 2 N–H and O–H groups in total. The lowest BCUT2D eigenvalue weighted by Crippen LogP contribution is -2.37. The quantitative estimate of drug-likeness (QED) is 0.284. The molecular formula is C18H29IN4O2. The molecule has 0 saturated carbocycles. The highest BCUT2D eigenvalue weighted by Crippen LogP contribution is 2.32. The molecule has 0 amide bonds. The van der Waals surface area contributed by atoms with E-state index in [0.717, 1.165) is 29.6 Å². The van der Waals surface area contributed by atoms with E-state index in [1.54, 1.807) is 7.05 Å². The van der Waals surface area contributed by atoms with Crippen molar-refractivity contribution in [2.75, 3.05) is 40.0 Å². The number of fused-ring (bicyclic) bond motifs is 1. The number of halogens is 1. The number of likely N-dealkylation sites (tertiary alicyclic amines) is 1. The van der Waals surface area contributed by atoms with Crippen molar-refractivity contribution in [3.05, 3.63) is 23.8 Å². The van der Waals surface area contributed by atoms with Crippen LogP contribution in [0, 0.1) is 0 Å². The largest absolute Gasteiger partial charge is 0.454 e. The van der Waals surface area contributed by atoms with Crippen molar-refractivity contribution in [1.82, 2.24) is 15.5 Å². The van der Waals surface area contributed by atoms with E-state index >= 15 is 0 Å². The van der Waals surface area contributed by atoms with Crippen molar-refractivity contribution in [1.29, 1.82) is 0 Å². The van der Waals surface area contributed by atoms with Crippen molar-refractivity contribution >= 4 is 29.9 Å². The molecule has 6 nitrogen and oxygen atoms in total. The van der Waals surface area contributed by atoms with Gasteiger partial charge in [0.25, 0.3) is 0 Å². The Bertz CT molecular complexity index is 562. The van der Waals surface area contributed by atoms with E-state index in [1.807, 2.05) is 18.2 Å². The van der Waals surface area contributed by atoms with Gasteiger partial charge in [0, 0.05) is 20.1 Å². The maximum absolute atomic E-state index is 5.41. The number of guanidine groups is 1. The van der Waals surface area contributed by atoms with Crippen molar-refractivity contribution in [2.24, 2.45) is 4.99 Å². The molecule has 0 unspecified atom stereocenters. The summed E-state index contributed by atoms with van der Waals surface area (Å²) in [5, 5.41) is 6.72. The van der Waals surface area contributed by atoms with Gasteiger partial charge in [0.1, 0.15) is 0 Å². The van der Waals surface area contributed by atoms with Crippen LogP contribution >= 0.6 is 24.0 Å². The number of unbranched alkanes of at least 4 members (excludes halogenated alkanes) is 1. The lowest BCUT2D eigenvalue weighted by Gasteiger charge is -2.15. The predicted octanol–water partition coefficient (Wildman–Crippen LogP) is 2.57. The Hall–Kier alpha value is -1.22. The average Bonchev–Trinajstić information content (AvgIpc) is 3.28. The van der Waals surface area contributed by atoms with Gasteiger partial charge >= 0.3 is 0 Å². The minimum Gasteiger partial charge on any atom is -0.454 e. The molecule has 1 fully saturated rings. The van der Waals surface area contributed by atoms with Gasteiger partial charge in [-0.15, -0.1) is 24.0 Å². The third kappa shape index (κ3) is 6.22. The Morgan fingerprint density at radius 2 is 1.92 bits per heavy atom. The van der Waals surface area contributed by atoms with Crippen LogP contribution in [-0.4, -0.2) is 50.9 Å². The maximum atomic E-state index is 5.41. The Morgan fingerprint density at radius 3 is 2.72 bits per heavy atom. The number of hydrogen-bond acceptors (Lipinski definition) is 4. The average molecular weight is 460 g/mol. The third-order valence-corrected chi connectivity index (χ3v) is 4.51. The molecule has 25 heavy (non-hydrogen) atoms. The molecule has 2 aliphatic rings. The fraction of sp³-hybridized carbons (Fsp3) is 0.611. The van der Waals surface area contributed by atoms with Crippen LogP contribution in [0.15, 0.2) is 23.2 Å². The van der Waals surface area contributed by atoms with Crippen molar-refractivity contribution in [3.8, 4) is 11.5 Å². The normalized spacial score (nSPS) is 16.6. The van der Waals surface area contributed by atoms with E-state index in [9.17, 15) is 0 Å². The second-order valence-corrected chi connectivity index (χ2v) is 6.30. The van der Waals surface area contributed by atoms with Gasteiger partial charge in [0.15, 0.2) is 17.5 Å². The van der Waals surface area contributed by atoms with Gasteiger partial charge in [-0.05, 0) is 63.0 Å². The van der Waals surface area contributed by atoms with Crippen molar-refractivity contribution in [2.45, 2.75) is 32.2 Å². The summed E-state index contributed by atoms with van der Waals surface area (Å²) in [5.74, 6) is 2.48. The first-order chi connectivity index (χ1) is 11.8. The maximum Gasteiger partial charge on any atom is 0.231 e. The summed E-state index contributed by atoms with van der Waals surface area (Å²) in [6.45, 7) is 5.77. The molecule has 3 rings (SSSR count). The van der Waals surface area contributed by atoms with Gasteiger partial charge in [-0.3, -0.25) is 4.99 Å². The number of aliphatic imine (C=N–C) groups is 1. The van der Waals surface area contributed by atoms with Gasteiger partial charge in [-0.25, -0.2) is 0 Å². The van der Waals surface area contributed by atoms with Crippen LogP contribution in [0.25, 0.3) is 0 Å². The van der Waals surface area contributed by atoms with E-state index in [4.69, 9.17) is 9.47 Å². The summed E-state index contributed by atoms with van der Waals surface area (Å²) < 4.78 is 10.7. The second-order valence-electron chi connectivity index (χ2n) is 6.30. The Balaban J connectivity index is 0.00000225. The van der Waals surface area contributed by atoms with E-state index in [2.05, 4.69) is 20.5 Å². The molecule has 0 atom stereocenters. The summed E-state index contributed by atoms with van der Waals surface area (Å²) >= 11 is 0. The first-order valence-corrected chi connectivity index (χ1v) is 8.90. The number of nitrogens with zero attached hydrogens (tertiary/aromatic N) is 2. The highest BCUT2D eigenvalue weighted by Gasteiger charge is 2.13. The van der Waals surface area contributed by atoms with Crippen LogP contribution in [0.4, 0.5) is 0 Å². The first kappa shape index (κ1) is 20.1. The molecule has 0 radical (unpaired) electrons. The number of benzene rings is 1. The number of rotatable bonds is 7. The van der Waals surface area contributed by atoms with E-state index in [-0.39, 0.29) is 24.0 Å². The molecule has 2 heterocycles. The van der Waals surface area contributed by atoms with Crippen molar-refractivity contribution < 1.29 is 9.47 Å². The number of nitrogens with one attached hydrogen (secondary N) is 2. The molecule has 7 heteroatoms. The summed E-state index contributed by atoms with van der Waals surface area (Å²) in [6.07, 6.45) is 5.15. The summed E-state index contributed by atoms with van der Waals surface area (Å²) in [5.41, 5.74) is 1.15. The lowest BCUT2D eigenvalue weighted by molar-refractivity contribution is 0.174. The summed E-state index contributed by atoms with van der Waals surface area (Å²) in [7, 11) is 1.80. The van der Waals surface area contributed by atoms with Gasteiger partial charge in [-0.2, -0.15) is 0 Å². The molecule has 1 saturated heterocycles. The standard InChI is InChI=1S/C18H28N4O2.HI/c1-19-18(20-8-2-3-9-22-10-4-5-11-22)21-13-15-6-7-16-17(12-15)24-14-23-16;/h6-7,12H,2-5,8-11,13-14H2,1H3,(H2,19,20,21);1H. The lowest BCUT2D eigenvalue weighted by atomic mass is 10.2. The van der Waals surface area contributed by atoms with Gasteiger partial charge in [0.2, 0.25) is 6.79 Å². The Labute approximate surface area is 167 Å². The monoisotopic (exact) mass is 460 g/mol. The summed E-state index contributed by atoms with van der Waals surface area (Å²) in [4.78, 5) is 6.84.